The Morgan fingerprint density at radius 3 is 2.64 bits per heavy atom. The van der Waals surface area contributed by atoms with Gasteiger partial charge in [0.2, 0.25) is 0 Å². The van der Waals surface area contributed by atoms with E-state index in [0.29, 0.717) is 6.54 Å². The van der Waals surface area contributed by atoms with Gasteiger partial charge in [-0.25, -0.2) is 0 Å². The lowest BCUT2D eigenvalue weighted by Crippen LogP contribution is -2.96. The molecule has 0 radical (unpaired) electrons. The Labute approximate surface area is 153 Å². The number of thiophene rings is 1. The molecular formula is C20H27N2O2S+. The van der Waals surface area contributed by atoms with Crippen LogP contribution in [0, 0.1) is 0 Å². The van der Waals surface area contributed by atoms with Gasteiger partial charge in [-0.15, -0.1) is 11.3 Å². The van der Waals surface area contributed by atoms with Crippen LogP contribution in [0.3, 0.4) is 0 Å². The van der Waals surface area contributed by atoms with Crippen LogP contribution in [0.5, 0.6) is 5.75 Å². The topological polar surface area (TPSA) is 46.1 Å². The fourth-order valence-corrected chi connectivity index (χ4v) is 4.15. The van der Waals surface area contributed by atoms with E-state index in [9.17, 15) is 4.79 Å². The molecule has 134 valence electrons. The Morgan fingerprint density at radius 1 is 1.28 bits per heavy atom. The van der Waals surface area contributed by atoms with Gasteiger partial charge in [-0.2, -0.15) is 0 Å². The number of hydrogen-bond acceptors (Lipinski definition) is 3. The second-order valence-corrected chi connectivity index (χ2v) is 8.59. The van der Waals surface area contributed by atoms with E-state index in [4.69, 9.17) is 4.74 Å². The minimum atomic E-state index is 0.00164. The van der Waals surface area contributed by atoms with Crippen molar-refractivity contribution in [3.63, 3.8) is 0 Å². The van der Waals surface area contributed by atoms with E-state index in [1.807, 2.05) is 17.0 Å². The summed E-state index contributed by atoms with van der Waals surface area (Å²) in [7, 11) is 1.67. The van der Waals surface area contributed by atoms with Crippen LogP contribution in [0.1, 0.15) is 42.8 Å². The van der Waals surface area contributed by atoms with Gasteiger partial charge in [0.25, 0.3) is 5.91 Å². The normalized spacial score (nSPS) is 17.3. The second kappa shape index (κ2) is 7.18. The van der Waals surface area contributed by atoms with Crippen molar-refractivity contribution in [2.24, 2.45) is 0 Å². The minimum Gasteiger partial charge on any atom is -0.497 e. The first-order valence-electron chi connectivity index (χ1n) is 8.73. The average molecular weight is 360 g/mol. The molecule has 1 aliphatic rings. The lowest BCUT2D eigenvalue weighted by molar-refractivity contribution is -0.707. The molecule has 2 heterocycles. The second-order valence-electron chi connectivity index (χ2n) is 7.59. The predicted molar refractivity (Wildman–Crippen MR) is 101 cm³/mol. The molecule has 0 bridgehead atoms. The van der Waals surface area contributed by atoms with Crippen LogP contribution >= 0.6 is 11.3 Å². The van der Waals surface area contributed by atoms with Crippen molar-refractivity contribution < 1.29 is 14.8 Å². The maximum absolute atomic E-state index is 13.0. The monoisotopic (exact) mass is 359 g/mol. The standard InChI is InChI=1S/C20H26N2O2S/c1-20(2,3)21-13-18(23)22-11-9-17-16(10-12-25-17)19(22)14-5-7-15(24-4)8-6-14/h5-8,10,12,19,21H,9,11,13H2,1-4H3/p+1/t19-/m0/s1. The molecule has 0 spiro atoms. The van der Waals surface area contributed by atoms with Crippen molar-refractivity contribution in [1.82, 2.24) is 4.90 Å². The van der Waals surface area contributed by atoms with Crippen LogP contribution in [0.25, 0.3) is 0 Å². The molecule has 0 saturated carbocycles. The van der Waals surface area contributed by atoms with Crippen LogP contribution in [-0.2, 0) is 11.2 Å². The van der Waals surface area contributed by atoms with Gasteiger partial charge >= 0.3 is 0 Å². The number of benzene rings is 1. The van der Waals surface area contributed by atoms with Crippen LogP contribution < -0.4 is 10.1 Å². The molecule has 0 unspecified atom stereocenters. The van der Waals surface area contributed by atoms with Gasteiger partial charge in [0.1, 0.15) is 5.75 Å². The zero-order chi connectivity index (χ0) is 18.0. The number of nitrogens with two attached hydrogens (primary N) is 1. The van der Waals surface area contributed by atoms with Crippen molar-refractivity contribution in [3.8, 4) is 5.75 Å². The molecule has 25 heavy (non-hydrogen) atoms. The number of carbonyl (C=O) groups excluding carboxylic acids is 1. The van der Waals surface area contributed by atoms with Gasteiger partial charge in [-0.3, -0.25) is 4.79 Å². The Morgan fingerprint density at radius 2 is 2.00 bits per heavy atom. The van der Waals surface area contributed by atoms with Crippen molar-refractivity contribution in [3.05, 3.63) is 51.7 Å². The molecule has 1 amide bonds. The third kappa shape index (κ3) is 4.05. The number of ether oxygens (including phenoxy) is 1. The molecule has 0 saturated heterocycles. The zero-order valence-corrected chi connectivity index (χ0v) is 16.2. The van der Waals surface area contributed by atoms with E-state index in [2.05, 4.69) is 49.7 Å². The molecule has 3 rings (SSSR count). The molecule has 1 aromatic carbocycles. The highest BCUT2D eigenvalue weighted by atomic mass is 32.1. The highest BCUT2D eigenvalue weighted by Gasteiger charge is 2.33. The first-order chi connectivity index (χ1) is 11.9. The lowest BCUT2D eigenvalue weighted by atomic mass is 9.93. The van der Waals surface area contributed by atoms with Crippen molar-refractivity contribution >= 4 is 17.2 Å². The zero-order valence-electron chi connectivity index (χ0n) is 15.4. The first-order valence-corrected chi connectivity index (χ1v) is 9.61. The largest absolute Gasteiger partial charge is 0.497 e. The van der Waals surface area contributed by atoms with E-state index in [1.54, 1.807) is 18.4 Å². The number of amides is 1. The summed E-state index contributed by atoms with van der Waals surface area (Å²) in [5.74, 6) is 1.04. The lowest BCUT2D eigenvalue weighted by Gasteiger charge is -2.36. The number of nitrogens with zero attached hydrogens (tertiary/aromatic N) is 1. The van der Waals surface area contributed by atoms with Gasteiger partial charge in [0.15, 0.2) is 6.54 Å². The molecule has 2 aromatic rings. The Hall–Kier alpha value is -1.85. The summed E-state index contributed by atoms with van der Waals surface area (Å²) in [4.78, 5) is 16.4. The van der Waals surface area contributed by atoms with E-state index in [1.165, 1.54) is 10.4 Å². The van der Waals surface area contributed by atoms with Crippen molar-refractivity contribution in [2.75, 3.05) is 20.2 Å². The van der Waals surface area contributed by atoms with Gasteiger partial charge in [0, 0.05) is 11.4 Å². The Kier molecular flexibility index (Phi) is 5.16. The number of hydrogen-bond donors (Lipinski definition) is 1. The van der Waals surface area contributed by atoms with Gasteiger partial charge < -0.3 is 15.0 Å². The van der Waals surface area contributed by atoms with Crippen LogP contribution in [0.4, 0.5) is 0 Å². The Balaban J connectivity index is 1.89. The predicted octanol–water partition coefficient (Wildman–Crippen LogP) is 2.59. The fraction of sp³-hybridized carbons (Fsp3) is 0.450. The van der Waals surface area contributed by atoms with Crippen molar-refractivity contribution in [2.45, 2.75) is 38.8 Å². The highest BCUT2D eigenvalue weighted by molar-refractivity contribution is 7.10. The molecule has 1 aromatic heterocycles. The molecular weight excluding hydrogens is 332 g/mol. The maximum atomic E-state index is 13.0. The summed E-state index contributed by atoms with van der Waals surface area (Å²) in [5, 5.41) is 4.25. The van der Waals surface area contributed by atoms with Crippen LogP contribution in [0.2, 0.25) is 0 Å². The van der Waals surface area contributed by atoms with Gasteiger partial charge in [0.05, 0.1) is 18.7 Å². The number of rotatable bonds is 4. The van der Waals surface area contributed by atoms with Crippen LogP contribution in [-0.4, -0.2) is 36.5 Å². The fourth-order valence-electron chi connectivity index (χ4n) is 3.24. The number of quaternary nitrogens is 1. The summed E-state index contributed by atoms with van der Waals surface area (Å²) in [6.45, 7) is 7.66. The quantitative estimate of drug-likeness (QED) is 0.912. The molecule has 2 N–H and O–H groups in total. The number of methoxy groups -OCH3 is 1. The molecule has 0 fully saturated rings. The molecule has 1 atom stereocenters. The van der Waals surface area contributed by atoms with Gasteiger partial charge in [-0.05, 0) is 61.9 Å². The summed E-state index contributed by atoms with van der Waals surface area (Å²) in [6, 6.07) is 10.3. The molecule has 4 nitrogen and oxygen atoms in total. The Bertz CT molecular complexity index is 731. The SMILES string of the molecule is COc1ccc([C@H]2c3ccsc3CCN2C(=O)C[NH2+]C(C)(C)C)cc1. The van der Waals surface area contributed by atoms with Gasteiger partial charge in [-0.1, -0.05) is 12.1 Å². The van der Waals surface area contributed by atoms with E-state index in [0.717, 1.165) is 24.3 Å². The first kappa shape index (κ1) is 18.0. The third-order valence-electron chi connectivity index (χ3n) is 4.61. The summed E-state index contributed by atoms with van der Waals surface area (Å²) in [5.41, 5.74) is 2.46. The minimum absolute atomic E-state index is 0.00164. The third-order valence-corrected chi connectivity index (χ3v) is 5.60. The van der Waals surface area contributed by atoms with Crippen LogP contribution in [0.15, 0.2) is 35.7 Å². The van der Waals surface area contributed by atoms with Crippen molar-refractivity contribution in [1.29, 1.82) is 0 Å². The van der Waals surface area contributed by atoms with E-state index < -0.39 is 0 Å². The molecule has 1 aliphatic heterocycles. The smallest absolute Gasteiger partial charge is 0.278 e. The summed E-state index contributed by atoms with van der Waals surface area (Å²) < 4.78 is 5.28. The maximum Gasteiger partial charge on any atom is 0.278 e. The summed E-state index contributed by atoms with van der Waals surface area (Å²) >= 11 is 1.79. The molecule has 0 aliphatic carbocycles. The number of carbonyl (C=O) groups is 1. The summed E-state index contributed by atoms with van der Waals surface area (Å²) in [6.07, 6.45) is 0.945. The number of fused-ring (bicyclic) bond motifs is 1. The highest BCUT2D eigenvalue weighted by Crippen LogP contribution is 2.38. The van der Waals surface area contributed by atoms with E-state index >= 15 is 0 Å². The van der Waals surface area contributed by atoms with E-state index in [-0.39, 0.29) is 17.5 Å². The average Bonchev–Trinajstić information content (AvgIpc) is 3.07. The molecule has 5 heteroatoms.